The van der Waals surface area contributed by atoms with Gasteiger partial charge in [0, 0.05) is 18.2 Å². The lowest BCUT2D eigenvalue weighted by molar-refractivity contribution is 0.414. The van der Waals surface area contributed by atoms with E-state index in [0.717, 1.165) is 11.6 Å². The van der Waals surface area contributed by atoms with Crippen LogP contribution >= 0.6 is 0 Å². The van der Waals surface area contributed by atoms with Crippen molar-refractivity contribution in [2.75, 3.05) is 7.11 Å². The molecular weight excluding hydrogens is 248 g/mol. The number of benzene rings is 2. The van der Waals surface area contributed by atoms with Gasteiger partial charge < -0.3 is 10.5 Å². The Bertz CT molecular complexity index is 611. The molecule has 4 heteroatoms. The molecule has 19 heavy (non-hydrogen) atoms. The topological polar surface area (TPSA) is 35.2 Å². The van der Waals surface area contributed by atoms with Crippen molar-refractivity contribution in [1.29, 1.82) is 0 Å². The quantitative estimate of drug-likeness (QED) is 0.921. The molecule has 2 N–H and O–H groups in total. The average Bonchev–Trinajstić information content (AvgIpc) is 2.42. The summed E-state index contributed by atoms with van der Waals surface area (Å²) < 4.78 is 32.3. The Kier molecular flexibility index (Phi) is 3.81. The molecule has 0 aliphatic rings. The highest BCUT2D eigenvalue weighted by molar-refractivity contribution is 5.69. The highest BCUT2D eigenvalue weighted by Crippen LogP contribution is 2.30. The molecule has 0 radical (unpaired) electrons. The van der Waals surface area contributed by atoms with Gasteiger partial charge in [-0.1, -0.05) is 6.07 Å². The smallest absolute Gasteiger partial charge is 0.133 e. The Morgan fingerprint density at radius 2 is 1.79 bits per heavy atom. The number of hydrogen-bond donors (Lipinski definition) is 1. The molecule has 0 saturated carbocycles. The Hall–Kier alpha value is -1.94. The number of rotatable bonds is 3. The van der Waals surface area contributed by atoms with E-state index in [-0.39, 0.29) is 6.54 Å². The predicted molar refractivity (Wildman–Crippen MR) is 71.0 cm³/mol. The molecule has 0 aliphatic carbocycles. The third kappa shape index (κ3) is 2.58. The molecule has 0 unspecified atom stereocenters. The highest BCUT2D eigenvalue weighted by Gasteiger charge is 2.13. The van der Waals surface area contributed by atoms with Gasteiger partial charge in [0.25, 0.3) is 0 Å². The fourth-order valence-electron chi connectivity index (χ4n) is 1.99. The van der Waals surface area contributed by atoms with Crippen molar-refractivity contribution in [3.8, 4) is 16.9 Å². The van der Waals surface area contributed by atoms with Gasteiger partial charge in [-0.05, 0) is 41.8 Å². The summed E-state index contributed by atoms with van der Waals surface area (Å²) in [5.41, 5.74) is 7.84. The lowest BCUT2D eigenvalue weighted by atomic mass is 9.97. The zero-order valence-electron chi connectivity index (χ0n) is 10.8. The fourth-order valence-corrected chi connectivity index (χ4v) is 1.99. The summed E-state index contributed by atoms with van der Waals surface area (Å²) in [6, 6.07) is 7.61. The maximum absolute atomic E-state index is 13.9. The van der Waals surface area contributed by atoms with Gasteiger partial charge in [0.1, 0.15) is 17.4 Å². The lowest BCUT2D eigenvalue weighted by Gasteiger charge is -2.12. The van der Waals surface area contributed by atoms with Gasteiger partial charge in [-0.3, -0.25) is 0 Å². The summed E-state index contributed by atoms with van der Waals surface area (Å²) >= 11 is 0. The van der Waals surface area contributed by atoms with E-state index in [1.165, 1.54) is 6.07 Å². The first-order valence-corrected chi connectivity index (χ1v) is 5.89. The molecule has 0 spiro atoms. The molecule has 0 atom stereocenters. The Balaban J connectivity index is 2.61. The van der Waals surface area contributed by atoms with Crippen molar-refractivity contribution < 1.29 is 13.5 Å². The second-order valence-electron chi connectivity index (χ2n) is 4.31. The van der Waals surface area contributed by atoms with Gasteiger partial charge in [0.15, 0.2) is 0 Å². The minimum Gasteiger partial charge on any atom is -0.497 e. The van der Waals surface area contributed by atoms with Crippen LogP contribution in [0.2, 0.25) is 0 Å². The molecule has 0 amide bonds. The van der Waals surface area contributed by atoms with E-state index < -0.39 is 11.6 Å². The van der Waals surface area contributed by atoms with Crippen LogP contribution in [-0.2, 0) is 6.54 Å². The van der Waals surface area contributed by atoms with E-state index in [1.54, 1.807) is 32.2 Å². The number of methoxy groups -OCH3 is 1. The number of nitrogens with two attached hydrogens (primary N) is 1. The summed E-state index contributed by atoms with van der Waals surface area (Å²) in [4.78, 5) is 0. The number of halogens is 2. The number of ether oxygens (including phenoxy) is 1. The van der Waals surface area contributed by atoms with E-state index in [0.29, 0.717) is 22.4 Å². The van der Waals surface area contributed by atoms with Crippen molar-refractivity contribution >= 4 is 0 Å². The third-order valence-corrected chi connectivity index (χ3v) is 3.07. The fraction of sp³-hybridized carbons (Fsp3) is 0.200. The number of aryl methyl sites for hydroxylation is 1. The zero-order valence-corrected chi connectivity index (χ0v) is 10.8. The maximum Gasteiger partial charge on any atom is 0.133 e. The van der Waals surface area contributed by atoms with Gasteiger partial charge >= 0.3 is 0 Å². The summed E-state index contributed by atoms with van der Waals surface area (Å²) in [5, 5.41) is 0. The van der Waals surface area contributed by atoms with Crippen molar-refractivity contribution in [3.05, 3.63) is 53.1 Å². The molecule has 0 bridgehead atoms. The summed E-state index contributed by atoms with van der Waals surface area (Å²) in [6.07, 6.45) is 0. The molecule has 2 rings (SSSR count). The Labute approximate surface area is 110 Å². The first-order valence-electron chi connectivity index (χ1n) is 5.89. The van der Waals surface area contributed by atoms with E-state index in [4.69, 9.17) is 10.5 Å². The molecule has 0 saturated heterocycles. The highest BCUT2D eigenvalue weighted by atomic mass is 19.1. The minimum atomic E-state index is -0.594. The summed E-state index contributed by atoms with van der Waals surface area (Å²) in [7, 11) is 1.55. The molecule has 2 nitrogen and oxygen atoms in total. The van der Waals surface area contributed by atoms with Crippen LogP contribution < -0.4 is 10.5 Å². The lowest BCUT2D eigenvalue weighted by Crippen LogP contribution is -2.01. The standard InChI is InChI=1S/C15H15F2NO/c1-9-5-13(15(17)7-14(9)16)12-4-3-11(19-2)6-10(12)8-18/h3-7H,8,18H2,1-2H3. The van der Waals surface area contributed by atoms with Crippen LogP contribution in [0, 0.1) is 18.6 Å². The van der Waals surface area contributed by atoms with E-state index in [9.17, 15) is 8.78 Å². The molecule has 2 aromatic carbocycles. The van der Waals surface area contributed by atoms with Crippen molar-refractivity contribution in [1.82, 2.24) is 0 Å². The van der Waals surface area contributed by atoms with Crippen molar-refractivity contribution in [2.24, 2.45) is 5.73 Å². The second-order valence-corrected chi connectivity index (χ2v) is 4.31. The largest absolute Gasteiger partial charge is 0.497 e. The van der Waals surface area contributed by atoms with Crippen LogP contribution in [0.3, 0.4) is 0 Å². The van der Waals surface area contributed by atoms with Crippen LogP contribution in [0.5, 0.6) is 5.75 Å². The summed E-state index contributed by atoms with van der Waals surface area (Å²) in [5.74, 6) is -0.490. The second kappa shape index (κ2) is 5.36. The van der Waals surface area contributed by atoms with Gasteiger partial charge in [-0.15, -0.1) is 0 Å². The average molecular weight is 263 g/mol. The maximum atomic E-state index is 13.9. The van der Waals surface area contributed by atoms with Crippen LogP contribution in [0.25, 0.3) is 11.1 Å². The van der Waals surface area contributed by atoms with Crippen LogP contribution in [-0.4, -0.2) is 7.11 Å². The van der Waals surface area contributed by atoms with Crippen molar-refractivity contribution in [3.63, 3.8) is 0 Å². The monoisotopic (exact) mass is 263 g/mol. The molecule has 100 valence electrons. The first kappa shape index (κ1) is 13.5. The number of hydrogen-bond acceptors (Lipinski definition) is 2. The van der Waals surface area contributed by atoms with Crippen LogP contribution in [0.4, 0.5) is 8.78 Å². The van der Waals surface area contributed by atoms with E-state index in [2.05, 4.69) is 0 Å². The predicted octanol–water partition coefficient (Wildman–Crippen LogP) is 3.41. The van der Waals surface area contributed by atoms with E-state index in [1.807, 2.05) is 0 Å². The third-order valence-electron chi connectivity index (χ3n) is 3.07. The van der Waals surface area contributed by atoms with Crippen molar-refractivity contribution in [2.45, 2.75) is 13.5 Å². The summed E-state index contributed by atoms with van der Waals surface area (Å²) in [6.45, 7) is 1.85. The SMILES string of the molecule is COc1ccc(-c2cc(C)c(F)cc2F)c(CN)c1. The normalized spacial score (nSPS) is 10.6. The minimum absolute atomic E-state index is 0.252. The van der Waals surface area contributed by atoms with Gasteiger partial charge in [0.05, 0.1) is 7.11 Å². The molecule has 0 aromatic heterocycles. The zero-order chi connectivity index (χ0) is 14.0. The first-order chi connectivity index (χ1) is 9.06. The Morgan fingerprint density at radius 1 is 1.05 bits per heavy atom. The Morgan fingerprint density at radius 3 is 2.42 bits per heavy atom. The molecular formula is C15H15F2NO. The molecule has 2 aromatic rings. The van der Waals surface area contributed by atoms with Gasteiger partial charge in [-0.2, -0.15) is 0 Å². The van der Waals surface area contributed by atoms with Crippen LogP contribution in [0.15, 0.2) is 30.3 Å². The van der Waals surface area contributed by atoms with Gasteiger partial charge in [-0.25, -0.2) is 8.78 Å². The van der Waals surface area contributed by atoms with E-state index >= 15 is 0 Å². The van der Waals surface area contributed by atoms with Crippen LogP contribution in [0.1, 0.15) is 11.1 Å². The van der Waals surface area contributed by atoms with Gasteiger partial charge in [0.2, 0.25) is 0 Å². The molecule has 0 fully saturated rings. The molecule has 0 aliphatic heterocycles. The molecule has 0 heterocycles.